The Morgan fingerprint density at radius 3 is 2.85 bits per heavy atom. The van der Waals surface area contributed by atoms with Crippen molar-refractivity contribution in [2.45, 2.75) is 6.92 Å². The summed E-state index contributed by atoms with van der Waals surface area (Å²) in [6.07, 6.45) is 0. The van der Waals surface area contributed by atoms with Gasteiger partial charge in [-0.05, 0) is 25.1 Å². The van der Waals surface area contributed by atoms with Crippen LogP contribution in [0.3, 0.4) is 0 Å². The quantitative estimate of drug-likeness (QED) is 0.825. The fourth-order valence-electron chi connectivity index (χ4n) is 2.06. The van der Waals surface area contributed by atoms with Gasteiger partial charge in [-0.1, -0.05) is 11.3 Å². The predicted molar refractivity (Wildman–Crippen MR) is 72.5 cm³/mol. The molecule has 102 valence electrons. The van der Waals surface area contributed by atoms with Gasteiger partial charge >= 0.3 is 4.87 Å². The first kappa shape index (κ1) is 12.6. The molecule has 0 saturated carbocycles. The lowest BCUT2D eigenvalue weighted by Gasteiger charge is -2.01. The zero-order valence-corrected chi connectivity index (χ0v) is 11.3. The van der Waals surface area contributed by atoms with Crippen LogP contribution in [-0.2, 0) is 4.79 Å². The van der Waals surface area contributed by atoms with Crippen molar-refractivity contribution in [1.29, 1.82) is 0 Å². The molecule has 0 unspecified atom stereocenters. The molecule has 1 amide bonds. The highest BCUT2D eigenvalue weighted by Crippen LogP contribution is 2.25. The van der Waals surface area contributed by atoms with Crippen LogP contribution in [0, 0.1) is 0 Å². The van der Waals surface area contributed by atoms with Gasteiger partial charge in [-0.15, -0.1) is 0 Å². The van der Waals surface area contributed by atoms with E-state index < -0.39 is 10.8 Å². The van der Waals surface area contributed by atoms with Gasteiger partial charge in [0.25, 0.3) is 5.91 Å². The van der Waals surface area contributed by atoms with Crippen LogP contribution in [0.15, 0.2) is 28.0 Å². The highest BCUT2D eigenvalue weighted by Gasteiger charge is 2.24. The molecule has 0 spiro atoms. The smallest absolute Gasteiger partial charge is 0.307 e. The molecule has 2 heterocycles. The van der Waals surface area contributed by atoms with E-state index in [0.29, 0.717) is 22.9 Å². The predicted octanol–water partition coefficient (Wildman–Crippen LogP) is -0.101. The maximum Gasteiger partial charge on any atom is 0.307 e. The summed E-state index contributed by atoms with van der Waals surface area (Å²) < 4.78 is 5.39. The zero-order chi connectivity index (χ0) is 14.3. The van der Waals surface area contributed by atoms with Crippen LogP contribution < -0.4 is 20.2 Å². The van der Waals surface area contributed by atoms with Crippen molar-refractivity contribution < 1.29 is 14.6 Å². The van der Waals surface area contributed by atoms with Crippen LogP contribution in [0.5, 0.6) is 11.6 Å². The van der Waals surface area contributed by atoms with E-state index in [1.807, 2.05) is 6.92 Å². The molecule has 1 aromatic carbocycles. The van der Waals surface area contributed by atoms with E-state index in [-0.39, 0.29) is 16.3 Å². The number of ether oxygens (including phenoxy) is 1. The van der Waals surface area contributed by atoms with Crippen LogP contribution in [0.25, 0.3) is 5.57 Å². The fourth-order valence-corrected chi connectivity index (χ4v) is 2.84. The van der Waals surface area contributed by atoms with Gasteiger partial charge in [-0.3, -0.25) is 14.6 Å². The second kappa shape index (κ2) is 4.61. The number of thiazole rings is 1. The monoisotopic (exact) mass is 290 g/mol. The number of H-pyrrole nitrogens is 1. The molecule has 1 aromatic heterocycles. The van der Waals surface area contributed by atoms with Crippen molar-refractivity contribution in [3.63, 3.8) is 0 Å². The number of hydrogen-bond donors (Lipinski definition) is 2. The standard InChI is InChI=1S/C13H10N2O4S/c1-2-19-6-3-4-8-7(5-6)9(11(16)14-8)10-12(17)15-13(18)20-10/h3-5,17H,2H2,1H3,(H,15,18). The van der Waals surface area contributed by atoms with E-state index in [1.165, 1.54) is 0 Å². The summed E-state index contributed by atoms with van der Waals surface area (Å²) in [5.74, 6) is -0.177. The molecule has 7 heteroatoms. The molecule has 1 aliphatic rings. The van der Waals surface area contributed by atoms with E-state index in [9.17, 15) is 14.7 Å². The first-order valence-corrected chi connectivity index (χ1v) is 6.74. The van der Waals surface area contributed by atoms with Crippen LogP contribution in [-0.4, -0.2) is 22.6 Å². The summed E-state index contributed by atoms with van der Waals surface area (Å²) >= 11 is 0.778. The molecular formula is C13H10N2O4S. The lowest BCUT2D eigenvalue weighted by molar-refractivity contribution is -0.112. The second-order valence-corrected chi connectivity index (χ2v) is 5.08. The average molecular weight is 290 g/mol. The third-order valence-electron chi connectivity index (χ3n) is 2.84. The SMILES string of the molecule is CCOc1ccc2c(c1)=C(c1sc(=O)[nH]c1O)C(=O)N=2. The summed E-state index contributed by atoms with van der Waals surface area (Å²) in [7, 11) is 0. The molecule has 0 saturated heterocycles. The molecule has 2 aromatic rings. The number of nitrogens with one attached hydrogen (secondary N) is 1. The zero-order valence-electron chi connectivity index (χ0n) is 10.5. The Labute approximate surface area is 116 Å². The molecule has 2 N–H and O–H groups in total. The number of fused-ring (bicyclic) bond motifs is 1. The minimum atomic E-state index is -0.473. The van der Waals surface area contributed by atoms with Gasteiger partial charge in [0.1, 0.15) is 10.6 Å². The Hall–Kier alpha value is -2.41. The van der Waals surface area contributed by atoms with E-state index >= 15 is 0 Å². The molecule has 1 aliphatic heterocycles. The van der Waals surface area contributed by atoms with Crippen molar-refractivity contribution in [1.82, 2.24) is 4.98 Å². The molecule has 3 rings (SSSR count). The summed E-state index contributed by atoms with van der Waals surface area (Å²) in [4.78, 5) is 29.2. The minimum Gasteiger partial charge on any atom is -0.494 e. The van der Waals surface area contributed by atoms with E-state index in [4.69, 9.17) is 4.74 Å². The fraction of sp³-hybridized carbons (Fsp3) is 0.154. The second-order valence-electron chi connectivity index (χ2n) is 4.10. The first-order valence-electron chi connectivity index (χ1n) is 5.93. The lowest BCUT2D eigenvalue weighted by Crippen LogP contribution is -2.23. The van der Waals surface area contributed by atoms with Gasteiger partial charge in [-0.25, -0.2) is 4.99 Å². The number of benzene rings is 1. The third-order valence-corrected chi connectivity index (χ3v) is 3.73. The normalized spacial score (nSPS) is 13.2. The maximum atomic E-state index is 12.0. The Kier molecular flexibility index (Phi) is 2.90. The van der Waals surface area contributed by atoms with Gasteiger partial charge in [0, 0.05) is 5.22 Å². The molecule has 0 bridgehead atoms. The highest BCUT2D eigenvalue weighted by molar-refractivity contribution is 7.11. The number of aromatic amines is 1. The van der Waals surface area contributed by atoms with Crippen LogP contribution in [0.2, 0.25) is 0 Å². The number of carbonyl (C=O) groups excluding carboxylic acids is 1. The van der Waals surface area contributed by atoms with Crippen LogP contribution >= 0.6 is 11.3 Å². The van der Waals surface area contributed by atoms with Gasteiger partial charge in [0.05, 0.1) is 17.5 Å². The maximum absolute atomic E-state index is 12.0. The number of amides is 1. The number of rotatable bonds is 3. The lowest BCUT2D eigenvalue weighted by atomic mass is 10.1. The highest BCUT2D eigenvalue weighted by atomic mass is 32.1. The van der Waals surface area contributed by atoms with E-state index in [2.05, 4.69) is 9.98 Å². The minimum absolute atomic E-state index is 0.205. The van der Waals surface area contributed by atoms with Gasteiger partial charge in [-0.2, -0.15) is 0 Å². The van der Waals surface area contributed by atoms with Gasteiger partial charge < -0.3 is 9.84 Å². The average Bonchev–Trinajstić information content (AvgIpc) is 2.88. The van der Waals surface area contributed by atoms with Crippen LogP contribution in [0.4, 0.5) is 0 Å². The number of aromatic hydroxyl groups is 1. The number of carbonyl (C=O) groups is 1. The number of hydrogen-bond acceptors (Lipinski definition) is 5. The summed E-state index contributed by atoms with van der Waals surface area (Å²) in [5.41, 5.74) is 0.224. The van der Waals surface area contributed by atoms with E-state index in [1.54, 1.807) is 18.2 Å². The summed E-state index contributed by atoms with van der Waals surface area (Å²) in [5, 5.41) is 10.8. The number of aromatic nitrogens is 1. The third kappa shape index (κ3) is 1.92. The molecule has 0 aliphatic carbocycles. The van der Waals surface area contributed by atoms with Crippen molar-refractivity contribution in [3.05, 3.63) is 43.3 Å². The Balaban J connectivity index is 2.32. The summed E-state index contributed by atoms with van der Waals surface area (Å²) in [6.45, 7) is 2.36. The molecule has 0 atom stereocenters. The molecule has 0 fully saturated rings. The van der Waals surface area contributed by atoms with Crippen molar-refractivity contribution in [3.8, 4) is 11.6 Å². The largest absolute Gasteiger partial charge is 0.494 e. The molecule has 0 radical (unpaired) electrons. The van der Waals surface area contributed by atoms with Crippen molar-refractivity contribution in [2.75, 3.05) is 6.61 Å². The van der Waals surface area contributed by atoms with Crippen molar-refractivity contribution >= 4 is 22.8 Å². The topological polar surface area (TPSA) is 91.8 Å². The Morgan fingerprint density at radius 1 is 1.40 bits per heavy atom. The molecule has 6 nitrogen and oxygen atoms in total. The van der Waals surface area contributed by atoms with Gasteiger partial charge in [0.2, 0.25) is 5.88 Å². The van der Waals surface area contributed by atoms with Crippen LogP contribution in [0.1, 0.15) is 11.8 Å². The van der Waals surface area contributed by atoms with Gasteiger partial charge in [0.15, 0.2) is 0 Å². The Bertz CT molecular complexity index is 879. The molecular weight excluding hydrogens is 280 g/mol. The first-order chi connectivity index (χ1) is 9.60. The Morgan fingerprint density at radius 2 is 2.20 bits per heavy atom. The molecule has 20 heavy (non-hydrogen) atoms. The van der Waals surface area contributed by atoms with Crippen molar-refractivity contribution in [2.24, 2.45) is 4.99 Å². The van der Waals surface area contributed by atoms with E-state index in [0.717, 1.165) is 11.3 Å². The number of nitrogens with zero attached hydrogens (tertiary/aromatic N) is 1. The summed E-state index contributed by atoms with van der Waals surface area (Å²) in [6, 6.07) is 5.09.